The Bertz CT molecular complexity index is 995. The Hall–Kier alpha value is -3.26. The average molecular weight is 395 g/mol. The van der Waals surface area contributed by atoms with Crippen LogP contribution in [0.1, 0.15) is 24.8 Å². The molecule has 5 N–H and O–H groups in total. The molecule has 0 amide bonds. The van der Waals surface area contributed by atoms with Crippen molar-refractivity contribution in [2.75, 3.05) is 31.0 Å². The van der Waals surface area contributed by atoms with Crippen LogP contribution in [-0.4, -0.2) is 29.9 Å². The standard InChI is InChI=1S/C21H25N5O3/c22-8-2-1-3-9-27-15-5-6-17-16(11-15)20(26-21(23)25-17)24-12-14-4-7-18-19(10-14)29-13-28-18/h4-7,10-11H,1-3,8-9,12-13,22H2,(H3,23,24,25,26). The summed E-state index contributed by atoms with van der Waals surface area (Å²) in [6, 6.07) is 11.6. The molecule has 29 heavy (non-hydrogen) atoms. The Morgan fingerprint density at radius 3 is 2.79 bits per heavy atom. The molecular weight excluding hydrogens is 370 g/mol. The summed E-state index contributed by atoms with van der Waals surface area (Å²) in [5, 5.41) is 4.21. The molecular formula is C21H25N5O3. The Balaban J connectivity index is 1.49. The zero-order valence-corrected chi connectivity index (χ0v) is 16.2. The third-order valence-electron chi connectivity index (χ3n) is 4.70. The number of nitrogen functional groups attached to an aromatic ring is 1. The van der Waals surface area contributed by atoms with Gasteiger partial charge in [0.25, 0.3) is 0 Å². The first-order valence-electron chi connectivity index (χ1n) is 9.75. The molecule has 0 radical (unpaired) electrons. The van der Waals surface area contributed by atoms with Crippen molar-refractivity contribution in [3.8, 4) is 17.2 Å². The number of aromatic nitrogens is 2. The Labute approximate surface area is 169 Å². The van der Waals surface area contributed by atoms with Gasteiger partial charge in [0, 0.05) is 11.9 Å². The number of benzene rings is 2. The highest BCUT2D eigenvalue weighted by molar-refractivity contribution is 5.91. The van der Waals surface area contributed by atoms with E-state index in [9.17, 15) is 0 Å². The fourth-order valence-corrected chi connectivity index (χ4v) is 3.20. The quantitative estimate of drug-likeness (QED) is 0.473. The van der Waals surface area contributed by atoms with Gasteiger partial charge in [0.05, 0.1) is 12.1 Å². The van der Waals surface area contributed by atoms with Crippen LogP contribution in [0.25, 0.3) is 10.9 Å². The fraction of sp³-hybridized carbons (Fsp3) is 0.333. The zero-order chi connectivity index (χ0) is 20.1. The number of unbranched alkanes of at least 4 members (excludes halogenated alkanes) is 2. The minimum absolute atomic E-state index is 0.223. The van der Waals surface area contributed by atoms with E-state index in [0.717, 1.165) is 53.0 Å². The number of nitrogens with two attached hydrogens (primary N) is 2. The fourth-order valence-electron chi connectivity index (χ4n) is 3.20. The monoisotopic (exact) mass is 395 g/mol. The van der Waals surface area contributed by atoms with Gasteiger partial charge in [-0.25, -0.2) is 4.98 Å². The highest BCUT2D eigenvalue weighted by atomic mass is 16.7. The normalized spacial score (nSPS) is 12.3. The van der Waals surface area contributed by atoms with Crippen molar-refractivity contribution in [3.63, 3.8) is 0 Å². The topological polar surface area (TPSA) is 118 Å². The van der Waals surface area contributed by atoms with Gasteiger partial charge < -0.3 is 31.0 Å². The molecule has 4 rings (SSSR count). The maximum Gasteiger partial charge on any atom is 0.231 e. The molecule has 0 aliphatic carbocycles. The molecule has 3 aromatic rings. The van der Waals surface area contributed by atoms with E-state index in [1.54, 1.807) is 0 Å². The van der Waals surface area contributed by atoms with E-state index < -0.39 is 0 Å². The van der Waals surface area contributed by atoms with Gasteiger partial charge in [0.1, 0.15) is 11.6 Å². The van der Waals surface area contributed by atoms with Crippen LogP contribution in [-0.2, 0) is 6.54 Å². The van der Waals surface area contributed by atoms with E-state index in [-0.39, 0.29) is 12.7 Å². The highest BCUT2D eigenvalue weighted by Gasteiger charge is 2.14. The number of rotatable bonds is 9. The molecule has 152 valence electrons. The van der Waals surface area contributed by atoms with Gasteiger partial charge in [-0.2, -0.15) is 4.98 Å². The molecule has 1 aliphatic rings. The molecule has 1 aromatic heterocycles. The van der Waals surface area contributed by atoms with Crippen molar-refractivity contribution in [3.05, 3.63) is 42.0 Å². The number of ether oxygens (including phenoxy) is 3. The summed E-state index contributed by atoms with van der Waals surface area (Å²) in [5.41, 5.74) is 13.2. The lowest BCUT2D eigenvalue weighted by molar-refractivity contribution is 0.174. The van der Waals surface area contributed by atoms with E-state index in [2.05, 4.69) is 15.3 Å². The summed E-state index contributed by atoms with van der Waals surface area (Å²) < 4.78 is 16.7. The first kappa shape index (κ1) is 19.1. The summed E-state index contributed by atoms with van der Waals surface area (Å²) in [6.45, 7) is 2.19. The second kappa shape index (κ2) is 8.83. The minimum atomic E-state index is 0.223. The van der Waals surface area contributed by atoms with Crippen LogP contribution in [0.5, 0.6) is 17.2 Å². The third-order valence-corrected chi connectivity index (χ3v) is 4.70. The van der Waals surface area contributed by atoms with Crippen LogP contribution in [0.4, 0.5) is 11.8 Å². The van der Waals surface area contributed by atoms with E-state index in [4.69, 9.17) is 25.7 Å². The predicted molar refractivity (Wildman–Crippen MR) is 112 cm³/mol. The van der Waals surface area contributed by atoms with E-state index in [1.165, 1.54) is 0 Å². The Morgan fingerprint density at radius 2 is 1.90 bits per heavy atom. The Kier molecular flexibility index (Phi) is 5.81. The highest BCUT2D eigenvalue weighted by Crippen LogP contribution is 2.33. The molecule has 1 aliphatic heterocycles. The third kappa shape index (κ3) is 4.60. The molecule has 8 nitrogen and oxygen atoms in total. The number of hydrogen-bond donors (Lipinski definition) is 3. The molecule has 2 aromatic carbocycles. The maximum atomic E-state index is 5.89. The van der Waals surface area contributed by atoms with Gasteiger partial charge in [0.2, 0.25) is 12.7 Å². The van der Waals surface area contributed by atoms with Crippen LogP contribution in [0.3, 0.4) is 0 Å². The van der Waals surface area contributed by atoms with Crippen molar-refractivity contribution in [2.24, 2.45) is 5.73 Å². The van der Waals surface area contributed by atoms with Crippen LogP contribution in [0, 0.1) is 0 Å². The number of nitrogens with zero attached hydrogens (tertiary/aromatic N) is 2. The number of nitrogens with one attached hydrogen (secondary N) is 1. The zero-order valence-electron chi connectivity index (χ0n) is 16.2. The van der Waals surface area contributed by atoms with E-state index in [1.807, 2.05) is 36.4 Å². The van der Waals surface area contributed by atoms with Gasteiger partial charge in [-0.05, 0) is 61.7 Å². The van der Waals surface area contributed by atoms with Crippen molar-refractivity contribution in [1.29, 1.82) is 0 Å². The molecule has 2 heterocycles. The number of anilines is 2. The van der Waals surface area contributed by atoms with Crippen molar-refractivity contribution >= 4 is 22.7 Å². The molecule has 0 saturated heterocycles. The SMILES string of the molecule is NCCCCCOc1ccc2nc(N)nc(NCc3ccc4c(c3)OCO4)c2c1. The lowest BCUT2D eigenvalue weighted by atomic mass is 10.2. The number of fused-ring (bicyclic) bond motifs is 2. The van der Waals surface area contributed by atoms with Gasteiger partial charge in [-0.3, -0.25) is 0 Å². The minimum Gasteiger partial charge on any atom is -0.494 e. The van der Waals surface area contributed by atoms with Crippen molar-refractivity contribution in [1.82, 2.24) is 9.97 Å². The molecule has 0 bridgehead atoms. The summed E-state index contributed by atoms with van der Waals surface area (Å²) in [7, 11) is 0. The molecule has 0 saturated carbocycles. The van der Waals surface area contributed by atoms with Crippen LogP contribution < -0.4 is 31.0 Å². The lowest BCUT2D eigenvalue weighted by Crippen LogP contribution is -2.06. The van der Waals surface area contributed by atoms with Crippen LogP contribution in [0.15, 0.2) is 36.4 Å². The molecule has 0 spiro atoms. The van der Waals surface area contributed by atoms with Crippen LogP contribution in [0.2, 0.25) is 0 Å². The van der Waals surface area contributed by atoms with Gasteiger partial charge in [-0.15, -0.1) is 0 Å². The predicted octanol–water partition coefficient (Wildman–Crippen LogP) is 3.06. The first-order chi connectivity index (χ1) is 14.2. The van der Waals surface area contributed by atoms with Gasteiger partial charge in [0.15, 0.2) is 11.5 Å². The summed E-state index contributed by atoms with van der Waals surface area (Å²) in [5.74, 6) is 3.19. The second-order valence-electron chi connectivity index (χ2n) is 6.85. The van der Waals surface area contributed by atoms with E-state index >= 15 is 0 Å². The van der Waals surface area contributed by atoms with Crippen molar-refractivity contribution < 1.29 is 14.2 Å². The molecule has 8 heteroatoms. The van der Waals surface area contributed by atoms with Crippen molar-refractivity contribution in [2.45, 2.75) is 25.8 Å². The molecule has 0 unspecified atom stereocenters. The molecule has 0 atom stereocenters. The first-order valence-corrected chi connectivity index (χ1v) is 9.75. The smallest absolute Gasteiger partial charge is 0.231 e. The van der Waals surface area contributed by atoms with Gasteiger partial charge in [-0.1, -0.05) is 6.07 Å². The summed E-state index contributed by atoms with van der Waals surface area (Å²) in [6.07, 6.45) is 3.05. The Morgan fingerprint density at radius 1 is 1.00 bits per heavy atom. The van der Waals surface area contributed by atoms with Gasteiger partial charge >= 0.3 is 0 Å². The van der Waals surface area contributed by atoms with Crippen LogP contribution >= 0.6 is 0 Å². The summed E-state index contributed by atoms with van der Waals surface area (Å²) in [4.78, 5) is 8.70. The maximum absolute atomic E-state index is 5.89. The molecule has 0 fully saturated rings. The number of hydrogen-bond acceptors (Lipinski definition) is 8. The average Bonchev–Trinajstić information content (AvgIpc) is 3.20. The summed E-state index contributed by atoms with van der Waals surface area (Å²) >= 11 is 0. The second-order valence-corrected chi connectivity index (χ2v) is 6.85. The van der Waals surface area contributed by atoms with E-state index in [0.29, 0.717) is 25.5 Å². The lowest BCUT2D eigenvalue weighted by Gasteiger charge is -2.12. The largest absolute Gasteiger partial charge is 0.494 e.